The first-order valence-electron chi connectivity index (χ1n) is 5.38. The molecular weight excluding hydrogens is 270 g/mol. The van der Waals surface area contributed by atoms with Gasteiger partial charge < -0.3 is 10.0 Å². The number of phenolic OH excluding ortho intramolecular Hbond substituents is 1. The van der Waals surface area contributed by atoms with Crippen molar-refractivity contribution in [2.24, 2.45) is 0 Å². The number of carbonyl (C=O) groups excluding carboxylic acids is 1. The van der Waals surface area contributed by atoms with Crippen LogP contribution in [0.2, 0.25) is 0 Å². The molecule has 0 aliphatic rings. The fourth-order valence-corrected chi connectivity index (χ4v) is 1.75. The summed E-state index contributed by atoms with van der Waals surface area (Å²) in [7, 11) is 0. The first kappa shape index (κ1) is 13.0. The van der Waals surface area contributed by atoms with E-state index >= 15 is 0 Å². The van der Waals surface area contributed by atoms with E-state index in [1.807, 2.05) is 13.8 Å². The van der Waals surface area contributed by atoms with Gasteiger partial charge in [0.05, 0.1) is 4.47 Å². The van der Waals surface area contributed by atoms with Crippen molar-refractivity contribution >= 4 is 21.8 Å². The summed E-state index contributed by atoms with van der Waals surface area (Å²) in [6.45, 7) is 5.41. The topological polar surface area (TPSA) is 40.5 Å². The van der Waals surface area contributed by atoms with Gasteiger partial charge in [-0.15, -0.1) is 0 Å². The van der Waals surface area contributed by atoms with E-state index in [1.54, 1.807) is 17.0 Å². The summed E-state index contributed by atoms with van der Waals surface area (Å²) in [5.74, 6) is 0.0607. The lowest BCUT2D eigenvalue weighted by atomic mass is 10.2. The summed E-state index contributed by atoms with van der Waals surface area (Å²) in [5, 5.41) is 9.52. The number of carbonyl (C=O) groups is 1. The summed E-state index contributed by atoms with van der Waals surface area (Å²) in [6, 6.07) is 4.89. The maximum atomic E-state index is 12.0. The van der Waals surface area contributed by atoms with Crippen molar-refractivity contribution in [3.63, 3.8) is 0 Å². The highest BCUT2D eigenvalue weighted by atomic mass is 79.9. The van der Waals surface area contributed by atoms with Crippen LogP contribution < -0.4 is 0 Å². The van der Waals surface area contributed by atoms with Crippen molar-refractivity contribution < 1.29 is 9.90 Å². The van der Waals surface area contributed by atoms with Crippen LogP contribution in [0.1, 0.15) is 30.6 Å². The lowest BCUT2D eigenvalue weighted by molar-refractivity contribution is 0.0764. The largest absolute Gasteiger partial charge is 0.507 e. The summed E-state index contributed by atoms with van der Waals surface area (Å²) < 4.78 is 0.600. The van der Waals surface area contributed by atoms with Crippen LogP contribution >= 0.6 is 15.9 Å². The van der Waals surface area contributed by atoms with Gasteiger partial charge in [0.1, 0.15) is 5.75 Å². The van der Waals surface area contributed by atoms with Gasteiger partial charge in [-0.05, 0) is 47.5 Å². The SMILES string of the molecule is CCCN(CC)C(=O)c1ccc(Br)c(O)c1. The zero-order valence-corrected chi connectivity index (χ0v) is 11.1. The average Bonchev–Trinajstić information content (AvgIpc) is 2.28. The predicted octanol–water partition coefficient (Wildman–Crippen LogP) is 3.03. The normalized spacial score (nSPS) is 10.2. The fourth-order valence-electron chi connectivity index (χ4n) is 1.50. The number of aromatic hydroxyl groups is 1. The Bertz CT molecular complexity index is 379. The van der Waals surface area contributed by atoms with Crippen molar-refractivity contribution in [2.45, 2.75) is 20.3 Å². The standard InChI is InChI=1S/C12H16BrNO2/c1-3-7-14(4-2)12(16)9-5-6-10(13)11(15)8-9/h5-6,8,15H,3-4,7H2,1-2H3. The molecule has 1 amide bonds. The monoisotopic (exact) mass is 285 g/mol. The molecule has 0 aliphatic carbocycles. The van der Waals surface area contributed by atoms with Crippen molar-refractivity contribution in [1.82, 2.24) is 4.90 Å². The van der Waals surface area contributed by atoms with Gasteiger partial charge in [-0.2, -0.15) is 0 Å². The van der Waals surface area contributed by atoms with Crippen molar-refractivity contribution in [3.8, 4) is 5.75 Å². The van der Waals surface area contributed by atoms with E-state index in [-0.39, 0.29) is 11.7 Å². The van der Waals surface area contributed by atoms with Crippen molar-refractivity contribution in [3.05, 3.63) is 28.2 Å². The number of hydrogen-bond donors (Lipinski definition) is 1. The molecule has 0 atom stereocenters. The van der Waals surface area contributed by atoms with E-state index in [1.165, 1.54) is 6.07 Å². The molecule has 1 N–H and O–H groups in total. The van der Waals surface area contributed by atoms with E-state index in [9.17, 15) is 9.90 Å². The third kappa shape index (κ3) is 2.98. The Labute approximate surface area is 104 Å². The van der Waals surface area contributed by atoms with Crippen LogP contribution in [-0.4, -0.2) is 29.0 Å². The summed E-state index contributed by atoms with van der Waals surface area (Å²) in [5.41, 5.74) is 0.524. The number of benzene rings is 1. The molecule has 0 aromatic heterocycles. The highest BCUT2D eigenvalue weighted by Crippen LogP contribution is 2.24. The van der Waals surface area contributed by atoms with Gasteiger partial charge in [0.2, 0.25) is 0 Å². The third-order valence-electron chi connectivity index (χ3n) is 2.36. The number of rotatable bonds is 4. The van der Waals surface area contributed by atoms with Gasteiger partial charge in [-0.3, -0.25) is 4.79 Å². The predicted molar refractivity (Wildman–Crippen MR) is 67.7 cm³/mol. The number of amides is 1. The van der Waals surface area contributed by atoms with Crippen LogP contribution in [-0.2, 0) is 0 Å². The van der Waals surface area contributed by atoms with E-state index in [4.69, 9.17) is 0 Å². The lowest BCUT2D eigenvalue weighted by Crippen LogP contribution is -2.31. The molecule has 88 valence electrons. The molecule has 0 radical (unpaired) electrons. The Hall–Kier alpha value is -1.03. The van der Waals surface area contributed by atoms with Crippen molar-refractivity contribution in [1.29, 1.82) is 0 Å². The molecule has 1 aromatic carbocycles. The fraction of sp³-hybridized carbons (Fsp3) is 0.417. The van der Waals surface area contributed by atoms with Crippen LogP contribution in [0.15, 0.2) is 22.7 Å². The first-order chi connectivity index (χ1) is 7.60. The second-order valence-corrected chi connectivity index (χ2v) is 4.41. The third-order valence-corrected chi connectivity index (χ3v) is 3.03. The number of phenols is 1. The summed E-state index contributed by atoms with van der Waals surface area (Å²) >= 11 is 3.19. The Kier molecular flexibility index (Phi) is 4.80. The molecule has 3 nitrogen and oxygen atoms in total. The van der Waals surface area contributed by atoms with Crippen LogP contribution in [0, 0.1) is 0 Å². The zero-order valence-electron chi connectivity index (χ0n) is 9.53. The minimum Gasteiger partial charge on any atom is -0.507 e. The van der Waals surface area contributed by atoms with Crippen molar-refractivity contribution in [2.75, 3.05) is 13.1 Å². The van der Waals surface area contributed by atoms with Crippen LogP contribution in [0.3, 0.4) is 0 Å². The molecular formula is C12H16BrNO2. The second-order valence-electron chi connectivity index (χ2n) is 3.55. The molecule has 0 aliphatic heterocycles. The minimum atomic E-state index is -0.0350. The van der Waals surface area contributed by atoms with Gasteiger partial charge in [0.15, 0.2) is 0 Å². The Morgan fingerprint density at radius 2 is 2.12 bits per heavy atom. The lowest BCUT2D eigenvalue weighted by Gasteiger charge is -2.20. The average molecular weight is 286 g/mol. The van der Waals surface area contributed by atoms with E-state index in [0.717, 1.165) is 13.0 Å². The summed E-state index contributed by atoms with van der Waals surface area (Å²) in [4.78, 5) is 13.8. The number of halogens is 1. The Morgan fingerprint density at radius 3 is 2.62 bits per heavy atom. The van der Waals surface area contributed by atoms with Gasteiger partial charge >= 0.3 is 0 Å². The second kappa shape index (κ2) is 5.89. The van der Waals surface area contributed by atoms with E-state index in [2.05, 4.69) is 15.9 Å². The van der Waals surface area contributed by atoms with Gasteiger partial charge in [-0.1, -0.05) is 6.92 Å². The van der Waals surface area contributed by atoms with E-state index in [0.29, 0.717) is 16.6 Å². The smallest absolute Gasteiger partial charge is 0.253 e. The van der Waals surface area contributed by atoms with Crippen LogP contribution in [0.25, 0.3) is 0 Å². The number of hydrogen-bond acceptors (Lipinski definition) is 2. The maximum Gasteiger partial charge on any atom is 0.253 e. The Morgan fingerprint density at radius 1 is 1.44 bits per heavy atom. The van der Waals surface area contributed by atoms with Gasteiger partial charge in [0.25, 0.3) is 5.91 Å². The molecule has 16 heavy (non-hydrogen) atoms. The Balaban J connectivity index is 2.90. The molecule has 0 heterocycles. The molecule has 0 saturated carbocycles. The molecule has 0 spiro atoms. The zero-order chi connectivity index (χ0) is 12.1. The summed E-state index contributed by atoms with van der Waals surface area (Å²) in [6.07, 6.45) is 0.933. The number of nitrogens with zero attached hydrogens (tertiary/aromatic N) is 1. The first-order valence-corrected chi connectivity index (χ1v) is 6.17. The van der Waals surface area contributed by atoms with Gasteiger partial charge in [0, 0.05) is 18.7 Å². The molecule has 0 saturated heterocycles. The molecule has 0 fully saturated rings. The maximum absolute atomic E-state index is 12.0. The van der Waals surface area contributed by atoms with Crippen LogP contribution in [0.5, 0.6) is 5.75 Å². The molecule has 1 aromatic rings. The molecule has 0 unspecified atom stereocenters. The van der Waals surface area contributed by atoms with E-state index < -0.39 is 0 Å². The molecule has 1 rings (SSSR count). The quantitative estimate of drug-likeness (QED) is 0.924. The molecule has 4 heteroatoms. The highest BCUT2D eigenvalue weighted by molar-refractivity contribution is 9.10. The highest BCUT2D eigenvalue weighted by Gasteiger charge is 2.14. The van der Waals surface area contributed by atoms with Crippen LogP contribution in [0.4, 0.5) is 0 Å². The van der Waals surface area contributed by atoms with Gasteiger partial charge in [-0.25, -0.2) is 0 Å². The minimum absolute atomic E-state index is 0.0350. The molecule has 0 bridgehead atoms.